The topological polar surface area (TPSA) is 54.2 Å². The fourth-order valence-corrected chi connectivity index (χ4v) is 3.32. The Hall–Kier alpha value is -1.09. The summed E-state index contributed by atoms with van der Waals surface area (Å²) >= 11 is 1.71. The Morgan fingerprint density at radius 2 is 2.04 bits per heavy atom. The third-order valence-corrected chi connectivity index (χ3v) is 4.54. The molecule has 0 saturated heterocycles. The molecular weight excluding hydrogens is 433 g/mol. The van der Waals surface area contributed by atoms with E-state index in [4.69, 9.17) is 0 Å². The molecule has 0 aliphatic rings. The summed E-state index contributed by atoms with van der Waals surface area (Å²) in [5.74, 6) is 0.853. The highest BCUT2D eigenvalue weighted by Gasteiger charge is 2.13. The largest absolute Gasteiger partial charge is 0.357 e. The molecule has 0 amide bonds. The number of hydrogen-bond donors (Lipinski definition) is 2. The maximum Gasteiger partial charge on any atom is 0.191 e. The van der Waals surface area contributed by atoms with E-state index in [9.17, 15) is 0 Å². The Bertz CT molecular complexity index is 634. The number of halogens is 1. The fourth-order valence-electron chi connectivity index (χ4n) is 2.66. The smallest absolute Gasteiger partial charge is 0.191 e. The Kier molecular flexibility index (Phi) is 9.35. The Labute approximate surface area is 166 Å². The van der Waals surface area contributed by atoms with Crippen LogP contribution in [-0.4, -0.2) is 22.3 Å². The third-order valence-electron chi connectivity index (χ3n) is 3.80. The molecule has 0 saturated carbocycles. The average molecular weight is 461 g/mol. The number of nitrogens with one attached hydrogen (secondary N) is 2. The molecule has 0 radical (unpaired) electrons. The van der Waals surface area contributed by atoms with Crippen molar-refractivity contribution in [1.29, 1.82) is 0 Å². The van der Waals surface area contributed by atoms with Crippen LogP contribution in [-0.2, 0) is 33.0 Å². The first kappa shape index (κ1) is 21.0. The first-order valence-electron chi connectivity index (χ1n) is 8.26. The average Bonchev–Trinajstić information content (AvgIpc) is 3.17. The second-order valence-electron chi connectivity index (χ2n) is 5.38. The Morgan fingerprint density at radius 3 is 2.62 bits per heavy atom. The molecule has 0 unspecified atom stereocenters. The molecule has 0 fully saturated rings. The van der Waals surface area contributed by atoms with E-state index in [0.29, 0.717) is 6.54 Å². The van der Waals surface area contributed by atoms with Crippen LogP contribution < -0.4 is 10.6 Å². The van der Waals surface area contributed by atoms with E-state index in [-0.39, 0.29) is 24.0 Å². The van der Waals surface area contributed by atoms with Crippen molar-refractivity contribution in [3.63, 3.8) is 0 Å². The van der Waals surface area contributed by atoms with E-state index >= 15 is 0 Å². The minimum absolute atomic E-state index is 0. The highest BCUT2D eigenvalue weighted by molar-refractivity contribution is 14.0. The van der Waals surface area contributed by atoms with Crippen molar-refractivity contribution in [3.8, 4) is 0 Å². The van der Waals surface area contributed by atoms with Crippen LogP contribution in [0, 0.1) is 0 Å². The number of nitrogens with zero attached hydrogens (tertiary/aromatic N) is 3. The zero-order valence-electron chi connectivity index (χ0n) is 14.9. The van der Waals surface area contributed by atoms with E-state index in [2.05, 4.69) is 58.3 Å². The van der Waals surface area contributed by atoms with Crippen molar-refractivity contribution in [2.75, 3.05) is 6.54 Å². The van der Waals surface area contributed by atoms with Gasteiger partial charge in [-0.05, 0) is 42.2 Å². The molecule has 0 aliphatic carbocycles. The van der Waals surface area contributed by atoms with Gasteiger partial charge in [-0.25, -0.2) is 4.99 Å². The standard InChI is InChI=1S/C17H27N5S.HI/c1-5-15-14(16(6-2)22(4)21-15)11-20-17(18-7-3)19-10-13-8-9-23-12-13;/h8-9,12H,5-7,10-11H2,1-4H3,(H2,18,19,20);1H. The van der Waals surface area contributed by atoms with Crippen molar-refractivity contribution in [2.45, 2.75) is 46.7 Å². The summed E-state index contributed by atoms with van der Waals surface area (Å²) in [4.78, 5) is 4.66. The van der Waals surface area contributed by atoms with Gasteiger partial charge in [0.15, 0.2) is 5.96 Å². The number of thiophene rings is 1. The summed E-state index contributed by atoms with van der Waals surface area (Å²) in [5.41, 5.74) is 5.02. The van der Waals surface area contributed by atoms with Gasteiger partial charge in [0.2, 0.25) is 0 Å². The summed E-state index contributed by atoms with van der Waals surface area (Å²) in [6, 6.07) is 2.11. The lowest BCUT2D eigenvalue weighted by Crippen LogP contribution is -2.37. The zero-order valence-corrected chi connectivity index (χ0v) is 18.1. The first-order valence-corrected chi connectivity index (χ1v) is 9.20. The molecule has 24 heavy (non-hydrogen) atoms. The van der Waals surface area contributed by atoms with Gasteiger partial charge < -0.3 is 10.6 Å². The van der Waals surface area contributed by atoms with Gasteiger partial charge in [0.1, 0.15) is 0 Å². The Morgan fingerprint density at radius 1 is 1.25 bits per heavy atom. The summed E-state index contributed by atoms with van der Waals surface area (Å²) in [6.07, 6.45) is 1.94. The maximum atomic E-state index is 4.66. The van der Waals surface area contributed by atoms with Gasteiger partial charge in [-0.1, -0.05) is 13.8 Å². The van der Waals surface area contributed by atoms with Crippen LogP contribution in [0.5, 0.6) is 0 Å². The van der Waals surface area contributed by atoms with Gasteiger partial charge >= 0.3 is 0 Å². The monoisotopic (exact) mass is 461 g/mol. The molecule has 2 aromatic heterocycles. The van der Waals surface area contributed by atoms with Crippen molar-refractivity contribution >= 4 is 41.3 Å². The van der Waals surface area contributed by atoms with Crippen LogP contribution in [0.15, 0.2) is 21.8 Å². The summed E-state index contributed by atoms with van der Waals surface area (Å²) in [5, 5.41) is 15.6. The molecule has 0 bridgehead atoms. The molecular formula is C17H28IN5S. The van der Waals surface area contributed by atoms with Crippen molar-refractivity contribution in [2.24, 2.45) is 12.0 Å². The van der Waals surface area contributed by atoms with Gasteiger partial charge in [-0.3, -0.25) is 4.68 Å². The van der Waals surface area contributed by atoms with E-state index in [1.54, 1.807) is 11.3 Å². The third kappa shape index (κ3) is 5.47. The highest BCUT2D eigenvalue weighted by atomic mass is 127. The van der Waals surface area contributed by atoms with Crippen molar-refractivity contribution in [3.05, 3.63) is 39.3 Å². The van der Waals surface area contributed by atoms with E-state index in [1.807, 2.05) is 11.7 Å². The number of aryl methyl sites for hydroxylation is 2. The van der Waals surface area contributed by atoms with Crippen molar-refractivity contribution < 1.29 is 0 Å². The van der Waals surface area contributed by atoms with E-state index < -0.39 is 0 Å². The minimum Gasteiger partial charge on any atom is -0.357 e. The second kappa shape index (κ2) is 10.7. The lowest BCUT2D eigenvalue weighted by Gasteiger charge is -2.12. The van der Waals surface area contributed by atoms with E-state index in [1.165, 1.54) is 22.5 Å². The first-order chi connectivity index (χ1) is 11.2. The lowest BCUT2D eigenvalue weighted by atomic mass is 10.1. The fraction of sp³-hybridized carbons (Fsp3) is 0.529. The van der Waals surface area contributed by atoms with Gasteiger partial charge in [0, 0.05) is 31.4 Å². The molecule has 0 spiro atoms. The van der Waals surface area contributed by atoms with Crippen LogP contribution >= 0.6 is 35.3 Å². The normalized spacial score (nSPS) is 11.2. The number of hydrogen-bond acceptors (Lipinski definition) is 3. The second-order valence-corrected chi connectivity index (χ2v) is 6.16. The quantitative estimate of drug-likeness (QED) is 0.377. The molecule has 0 aromatic carbocycles. The van der Waals surface area contributed by atoms with Crippen LogP contribution in [0.2, 0.25) is 0 Å². The minimum atomic E-state index is 0. The molecule has 2 aromatic rings. The van der Waals surface area contributed by atoms with Crippen LogP contribution in [0.25, 0.3) is 0 Å². The zero-order chi connectivity index (χ0) is 16.7. The number of guanidine groups is 1. The summed E-state index contributed by atoms with van der Waals surface area (Å²) in [6.45, 7) is 8.73. The van der Waals surface area contributed by atoms with Crippen LogP contribution in [0.1, 0.15) is 43.3 Å². The summed E-state index contributed by atoms with van der Waals surface area (Å²) in [7, 11) is 2.03. The Balaban J connectivity index is 0.00000288. The van der Waals surface area contributed by atoms with Crippen LogP contribution in [0.3, 0.4) is 0 Å². The molecule has 5 nitrogen and oxygen atoms in total. The van der Waals surface area contributed by atoms with E-state index in [0.717, 1.165) is 31.9 Å². The molecule has 2 heterocycles. The number of aromatic nitrogens is 2. The summed E-state index contributed by atoms with van der Waals surface area (Å²) < 4.78 is 2.01. The molecule has 7 heteroatoms. The van der Waals surface area contributed by atoms with Crippen LogP contribution in [0.4, 0.5) is 0 Å². The molecule has 134 valence electrons. The van der Waals surface area contributed by atoms with Gasteiger partial charge in [-0.2, -0.15) is 16.4 Å². The predicted molar refractivity (Wildman–Crippen MR) is 113 cm³/mol. The molecule has 2 rings (SSSR count). The van der Waals surface area contributed by atoms with Gasteiger partial charge in [-0.15, -0.1) is 24.0 Å². The van der Waals surface area contributed by atoms with Crippen molar-refractivity contribution in [1.82, 2.24) is 20.4 Å². The molecule has 0 aliphatic heterocycles. The lowest BCUT2D eigenvalue weighted by molar-refractivity contribution is 0.702. The number of rotatable bonds is 7. The number of aliphatic imine (C=N–C) groups is 1. The predicted octanol–water partition coefficient (Wildman–Crippen LogP) is 3.48. The van der Waals surface area contributed by atoms with Gasteiger partial charge in [0.25, 0.3) is 0 Å². The molecule has 2 N–H and O–H groups in total. The highest BCUT2D eigenvalue weighted by Crippen LogP contribution is 2.15. The SMILES string of the molecule is CCNC(=NCc1ccsc1)NCc1c(CC)nn(C)c1CC.I. The van der Waals surface area contributed by atoms with Gasteiger partial charge in [0.05, 0.1) is 12.2 Å². The maximum absolute atomic E-state index is 4.66. The molecule has 0 atom stereocenters.